The summed E-state index contributed by atoms with van der Waals surface area (Å²) in [5, 5.41) is 0. The molecule has 3 atom stereocenters. The highest BCUT2D eigenvalue weighted by Gasteiger charge is 2.52. The highest BCUT2D eigenvalue weighted by Crippen LogP contribution is 2.45. The van der Waals surface area contributed by atoms with Crippen LogP contribution in [0.2, 0.25) is 16.6 Å². The number of nitrogens with zero attached hydrogens (tertiary/aromatic N) is 1. The summed E-state index contributed by atoms with van der Waals surface area (Å²) in [6.45, 7) is 16.9. The van der Waals surface area contributed by atoms with Crippen molar-refractivity contribution in [1.29, 1.82) is 0 Å². The number of hydrogen-bond acceptors (Lipinski definition) is 2. The van der Waals surface area contributed by atoms with Gasteiger partial charge in [0.15, 0.2) is 0 Å². The van der Waals surface area contributed by atoms with E-state index < -0.39 is 8.32 Å². The molecule has 2 heterocycles. The zero-order valence-corrected chi connectivity index (χ0v) is 15.8. The summed E-state index contributed by atoms with van der Waals surface area (Å²) >= 11 is 0. The summed E-state index contributed by atoms with van der Waals surface area (Å²) in [5.41, 5.74) is 1.62. The molecule has 0 aromatic heterocycles. The molecular weight excluding hydrogens is 278 g/mol. The van der Waals surface area contributed by atoms with E-state index in [2.05, 4.69) is 53.4 Å². The lowest BCUT2D eigenvalue weighted by molar-refractivity contribution is -0.134. The topological polar surface area (TPSA) is 29.5 Å². The Morgan fingerprint density at radius 1 is 1.10 bits per heavy atom. The maximum absolute atomic E-state index is 12.7. The van der Waals surface area contributed by atoms with Crippen molar-refractivity contribution in [1.82, 2.24) is 4.90 Å². The monoisotopic (exact) mass is 311 g/mol. The largest absolute Gasteiger partial charge is 0.404 e. The van der Waals surface area contributed by atoms with Crippen molar-refractivity contribution < 1.29 is 9.22 Å². The minimum atomic E-state index is -1.95. The molecule has 1 amide bonds. The van der Waals surface area contributed by atoms with E-state index in [-0.39, 0.29) is 12.0 Å². The third-order valence-electron chi connectivity index (χ3n) is 5.95. The molecule has 0 aromatic rings. The van der Waals surface area contributed by atoms with Gasteiger partial charge in [0.25, 0.3) is 5.91 Å². The Morgan fingerprint density at radius 3 is 2.05 bits per heavy atom. The fourth-order valence-corrected chi connectivity index (χ4v) is 10.4. The lowest BCUT2D eigenvalue weighted by atomic mass is 10.0. The summed E-state index contributed by atoms with van der Waals surface area (Å²) in [7, 11) is -1.95. The molecule has 0 N–H and O–H groups in total. The van der Waals surface area contributed by atoms with Crippen LogP contribution in [-0.2, 0) is 9.22 Å². The van der Waals surface area contributed by atoms with Gasteiger partial charge < -0.3 is 9.33 Å². The summed E-state index contributed by atoms with van der Waals surface area (Å²) in [5.74, 6) is 0.902. The highest BCUT2D eigenvalue weighted by atomic mass is 28.4. The van der Waals surface area contributed by atoms with Crippen molar-refractivity contribution in [2.45, 2.75) is 90.1 Å². The Bertz CT molecular complexity index is 372. The smallest absolute Gasteiger partial charge is 0.250 e. The predicted octanol–water partition coefficient (Wildman–Crippen LogP) is 4.19. The Hall–Kier alpha value is -0.353. The first-order chi connectivity index (χ1) is 9.71. The van der Waals surface area contributed by atoms with Gasteiger partial charge in [-0.1, -0.05) is 48.5 Å². The summed E-state index contributed by atoms with van der Waals surface area (Å²) in [6.07, 6.45) is 1.90. The van der Waals surface area contributed by atoms with Crippen molar-refractivity contribution in [2.75, 3.05) is 6.54 Å². The molecule has 21 heavy (non-hydrogen) atoms. The van der Waals surface area contributed by atoms with Crippen LogP contribution < -0.4 is 0 Å². The van der Waals surface area contributed by atoms with Crippen LogP contribution in [0.5, 0.6) is 0 Å². The fraction of sp³-hybridized carbons (Fsp3) is 0.941. The van der Waals surface area contributed by atoms with Crippen LogP contribution in [0.4, 0.5) is 0 Å². The predicted molar refractivity (Wildman–Crippen MR) is 89.8 cm³/mol. The van der Waals surface area contributed by atoms with E-state index in [4.69, 9.17) is 4.43 Å². The summed E-state index contributed by atoms with van der Waals surface area (Å²) in [4.78, 5) is 14.8. The van der Waals surface area contributed by atoms with Crippen molar-refractivity contribution in [3.63, 3.8) is 0 Å². The zero-order valence-electron chi connectivity index (χ0n) is 14.8. The number of carbonyl (C=O) groups excluding carboxylic acids is 1. The van der Waals surface area contributed by atoms with E-state index in [0.29, 0.717) is 28.6 Å². The first-order valence-electron chi connectivity index (χ1n) is 8.70. The Morgan fingerprint density at radius 2 is 1.62 bits per heavy atom. The molecule has 122 valence electrons. The molecule has 2 aliphatic rings. The van der Waals surface area contributed by atoms with Crippen LogP contribution in [0.1, 0.15) is 61.3 Å². The van der Waals surface area contributed by atoms with Crippen LogP contribution in [0, 0.1) is 5.92 Å². The van der Waals surface area contributed by atoms with Gasteiger partial charge in [0.05, 0.1) is 0 Å². The molecule has 3 nitrogen and oxygen atoms in total. The van der Waals surface area contributed by atoms with E-state index in [1.54, 1.807) is 0 Å². The molecule has 2 saturated heterocycles. The molecular formula is C17H33NO2Si. The SMILES string of the molecule is CC(C)[Si](O[C@H]1C[C@H]2[C@H](C)CCN2C1=O)(C(C)C)C(C)C. The van der Waals surface area contributed by atoms with Gasteiger partial charge in [-0.05, 0) is 29.0 Å². The van der Waals surface area contributed by atoms with Gasteiger partial charge in [-0.25, -0.2) is 0 Å². The summed E-state index contributed by atoms with van der Waals surface area (Å²) in [6, 6.07) is 0.431. The average Bonchev–Trinajstić information content (AvgIpc) is 2.87. The number of fused-ring (bicyclic) bond motifs is 1. The second-order valence-corrected chi connectivity index (χ2v) is 13.4. The van der Waals surface area contributed by atoms with Gasteiger partial charge in [0, 0.05) is 19.0 Å². The van der Waals surface area contributed by atoms with Crippen molar-refractivity contribution in [2.24, 2.45) is 5.92 Å². The van der Waals surface area contributed by atoms with Crippen LogP contribution >= 0.6 is 0 Å². The van der Waals surface area contributed by atoms with Crippen LogP contribution in [0.25, 0.3) is 0 Å². The normalized spacial score (nSPS) is 30.1. The molecule has 0 aromatic carbocycles. The van der Waals surface area contributed by atoms with Gasteiger partial charge in [-0.3, -0.25) is 4.79 Å². The molecule has 0 radical (unpaired) electrons. The van der Waals surface area contributed by atoms with Gasteiger partial charge in [0.2, 0.25) is 8.32 Å². The number of hydrogen-bond donors (Lipinski definition) is 0. The summed E-state index contributed by atoms with van der Waals surface area (Å²) < 4.78 is 6.73. The Kier molecular flexibility index (Phi) is 4.89. The van der Waals surface area contributed by atoms with E-state index in [9.17, 15) is 4.79 Å². The third-order valence-corrected chi connectivity index (χ3v) is 12.1. The van der Waals surface area contributed by atoms with Gasteiger partial charge in [0.1, 0.15) is 6.10 Å². The molecule has 2 fully saturated rings. The van der Waals surface area contributed by atoms with Crippen LogP contribution in [0.15, 0.2) is 0 Å². The number of carbonyl (C=O) groups is 1. The average molecular weight is 312 g/mol. The first-order valence-corrected chi connectivity index (χ1v) is 10.8. The lowest BCUT2D eigenvalue weighted by Crippen LogP contribution is -2.51. The van der Waals surface area contributed by atoms with E-state index in [0.717, 1.165) is 19.4 Å². The first kappa shape index (κ1) is 17.0. The third kappa shape index (κ3) is 2.70. The molecule has 0 saturated carbocycles. The number of rotatable bonds is 5. The van der Waals surface area contributed by atoms with Gasteiger partial charge in [-0.15, -0.1) is 0 Å². The molecule has 0 bridgehead atoms. The Labute approximate surface area is 131 Å². The van der Waals surface area contributed by atoms with Crippen molar-refractivity contribution in [3.05, 3.63) is 0 Å². The van der Waals surface area contributed by atoms with E-state index in [1.165, 1.54) is 0 Å². The zero-order chi connectivity index (χ0) is 15.9. The second kappa shape index (κ2) is 6.03. The van der Waals surface area contributed by atoms with E-state index >= 15 is 0 Å². The maximum atomic E-state index is 12.7. The molecule has 2 aliphatic heterocycles. The van der Waals surface area contributed by atoms with Gasteiger partial charge in [-0.2, -0.15) is 0 Å². The maximum Gasteiger partial charge on any atom is 0.250 e. The molecule has 0 unspecified atom stereocenters. The fourth-order valence-electron chi connectivity index (χ4n) is 4.90. The minimum absolute atomic E-state index is 0.170. The quantitative estimate of drug-likeness (QED) is 0.713. The minimum Gasteiger partial charge on any atom is -0.404 e. The Balaban J connectivity index is 2.20. The standard InChI is InChI=1S/C17H33NO2Si/c1-11(2)21(12(3)4,13(5)6)20-16-10-15-14(7)8-9-18(15)17(16)19/h11-16H,8-10H2,1-7H3/t14-,15+,16+/m1/s1. The highest BCUT2D eigenvalue weighted by molar-refractivity contribution is 6.77. The van der Waals surface area contributed by atoms with E-state index in [1.807, 2.05) is 0 Å². The molecule has 0 spiro atoms. The second-order valence-electron chi connectivity index (χ2n) is 8.02. The van der Waals surface area contributed by atoms with Crippen molar-refractivity contribution in [3.8, 4) is 0 Å². The van der Waals surface area contributed by atoms with Gasteiger partial charge >= 0.3 is 0 Å². The lowest BCUT2D eigenvalue weighted by Gasteiger charge is -2.43. The van der Waals surface area contributed by atoms with Crippen LogP contribution in [0.3, 0.4) is 0 Å². The van der Waals surface area contributed by atoms with Crippen molar-refractivity contribution >= 4 is 14.2 Å². The molecule has 0 aliphatic carbocycles. The molecule has 4 heteroatoms. The molecule has 2 rings (SSSR count). The number of amides is 1. The van der Waals surface area contributed by atoms with Crippen LogP contribution in [-0.4, -0.2) is 37.8 Å².